The molecular weight excluding hydrogens is 482 g/mol. The third kappa shape index (κ3) is 4.30. The summed E-state index contributed by atoms with van der Waals surface area (Å²) in [5.41, 5.74) is 5.88. The molecule has 0 radical (unpaired) electrons. The molecule has 3 aromatic carbocycles. The molecule has 6 nitrogen and oxygen atoms in total. The van der Waals surface area contributed by atoms with Crippen LogP contribution in [-0.4, -0.2) is 25.3 Å². The molecule has 0 spiro atoms. The number of para-hydroxylation sites is 1. The lowest BCUT2D eigenvalue weighted by molar-refractivity contribution is 0.180. The van der Waals surface area contributed by atoms with E-state index < -0.39 is 0 Å². The molecule has 1 N–H and O–H groups in total. The van der Waals surface area contributed by atoms with Gasteiger partial charge in [-0.3, -0.25) is 0 Å². The van der Waals surface area contributed by atoms with E-state index in [2.05, 4.69) is 16.0 Å². The highest BCUT2D eigenvalue weighted by Crippen LogP contribution is 2.38. The van der Waals surface area contributed by atoms with Gasteiger partial charge >= 0.3 is 6.03 Å². The molecule has 1 aliphatic heterocycles. The van der Waals surface area contributed by atoms with Crippen molar-refractivity contribution in [3.63, 3.8) is 0 Å². The molecule has 1 aliphatic rings. The van der Waals surface area contributed by atoms with E-state index in [1.165, 1.54) is 0 Å². The minimum Gasteiger partial charge on any atom is -0.334 e. The topological polar surface area (TPSA) is 55.1 Å². The molecule has 7 heteroatoms. The van der Waals surface area contributed by atoms with Crippen LogP contribution in [0.3, 0.4) is 0 Å². The summed E-state index contributed by atoms with van der Waals surface area (Å²) < 4.78 is 4.13. The zero-order chi connectivity index (χ0) is 25.4. The summed E-state index contributed by atoms with van der Waals surface area (Å²) in [6.45, 7) is 2.85. The van der Waals surface area contributed by atoms with E-state index in [-0.39, 0.29) is 12.1 Å². The standard InChI is InChI=1S/C30H26ClN5O/c1-21-26-20-35(30(37)32-19-22-9-4-2-5-10-22)28(23-14-16-24(31)17-15-23)27-13-8-18-34(27)29(26)36(33-21)25-11-6-3-7-12-25/h2-18,28H,19-20H2,1H3,(H,32,37). The van der Waals surface area contributed by atoms with Gasteiger partial charge < -0.3 is 14.8 Å². The maximum atomic E-state index is 13.9. The summed E-state index contributed by atoms with van der Waals surface area (Å²) in [5, 5.41) is 8.70. The zero-order valence-electron chi connectivity index (χ0n) is 20.4. The number of hydrogen-bond acceptors (Lipinski definition) is 2. The summed E-state index contributed by atoms with van der Waals surface area (Å²) in [5.74, 6) is 0.945. The predicted octanol–water partition coefficient (Wildman–Crippen LogP) is 6.44. The molecule has 2 aromatic heterocycles. The van der Waals surface area contributed by atoms with Gasteiger partial charge in [0.25, 0.3) is 0 Å². The number of rotatable bonds is 4. The van der Waals surface area contributed by atoms with Gasteiger partial charge in [-0.05, 0) is 54.4 Å². The van der Waals surface area contributed by atoms with Crippen molar-refractivity contribution in [1.29, 1.82) is 0 Å². The number of carbonyl (C=O) groups excluding carboxylic acids is 1. The van der Waals surface area contributed by atoms with Gasteiger partial charge in [0.05, 0.1) is 29.7 Å². The number of hydrogen-bond donors (Lipinski definition) is 1. The van der Waals surface area contributed by atoms with E-state index in [1.807, 2.05) is 114 Å². The van der Waals surface area contributed by atoms with E-state index in [0.29, 0.717) is 18.1 Å². The normalized spacial score (nSPS) is 14.5. The van der Waals surface area contributed by atoms with Crippen LogP contribution in [0.4, 0.5) is 4.79 Å². The lowest BCUT2D eigenvalue weighted by Crippen LogP contribution is -2.41. The average molecular weight is 508 g/mol. The Kier molecular flexibility index (Phi) is 6.02. The van der Waals surface area contributed by atoms with Gasteiger partial charge in [-0.15, -0.1) is 0 Å². The molecule has 0 bridgehead atoms. The van der Waals surface area contributed by atoms with Crippen molar-refractivity contribution < 1.29 is 4.79 Å². The maximum Gasteiger partial charge on any atom is 0.318 e. The highest BCUT2D eigenvalue weighted by Gasteiger charge is 2.35. The van der Waals surface area contributed by atoms with Gasteiger partial charge in [0, 0.05) is 23.3 Å². The third-order valence-electron chi connectivity index (χ3n) is 6.82. The molecule has 184 valence electrons. The SMILES string of the molecule is Cc1nn(-c2ccccc2)c2c1CN(C(=O)NCc1ccccc1)C(c1ccc(Cl)cc1)c1cccn1-2. The van der Waals surface area contributed by atoms with Crippen LogP contribution in [0.1, 0.15) is 34.1 Å². The first-order valence-corrected chi connectivity index (χ1v) is 12.6. The number of fused-ring (bicyclic) bond motifs is 3. The molecule has 6 rings (SSSR count). The molecule has 0 saturated carbocycles. The summed E-state index contributed by atoms with van der Waals surface area (Å²) in [6, 6.07) is 31.4. The molecule has 1 unspecified atom stereocenters. The first-order valence-electron chi connectivity index (χ1n) is 12.3. The molecule has 37 heavy (non-hydrogen) atoms. The molecule has 0 saturated heterocycles. The van der Waals surface area contributed by atoms with Crippen LogP contribution < -0.4 is 5.32 Å². The highest BCUT2D eigenvalue weighted by molar-refractivity contribution is 6.30. The quantitative estimate of drug-likeness (QED) is 0.304. The average Bonchev–Trinajstić information content (AvgIpc) is 3.49. The highest BCUT2D eigenvalue weighted by atomic mass is 35.5. The third-order valence-corrected chi connectivity index (χ3v) is 7.07. The fraction of sp³-hybridized carbons (Fsp3) is 0.133. The molecule has 2 amide bonds. The molecule has 5 aromatic rings. The Labute approximate surface area is 220 Å². The lowest BCUT2D eigenvalue weighted by atomic mass is 10.0. The van der Waals surface area contributed by atoms with Crippen molar-refractivity contribution >= 4 is 17.6 Å². The number of carbonyl (C=O) groups is 1. The fourth-order valence-corrected chi connectivity index (χ4v) is 5.15. The fourth-order valence-electron chi connectivity index (χ4n) is 5.02. The number of aromatic nitrogens is 3. The predicted molar refractivity (Wildman–Crippen MR) is 145 cm³/mol. The monoisotopic (exact) mass is 507 g/mol. The van der Waals surface area contributed by atoms with Crippen LogP contribution in [0.5, 0.6) is 0 Å². The number of urea groups is 1. The zero-order valence-corrected chi connectivity index (χ0v) is 21.1. The van der Waals surface area contributed by atoms with Gasteiger partial charge in [0.2, 0.25) is 0 Å². The molecule has 1 atom stereocenters. The lowest BCUT2D eigenvalue weighted by Gasteiger charge is -2.31. The van der Waals surface area contributed by atoms with Gasteiger partial charge in [0.1, 0.15) is 5.82 Å². The van der Waals surface area contributed by atoms with Crippen molar-refractivity contribution in [3.05, 3.63) is 136 Å². The summed E-state index contributed by atoms with van der Waals surface area (Å²) in [6.07, 6.45) is 2.04. The van der Waals surface area contributed by atoms with Crippen LogP contribution in [0.25, 0.3) is 11.5 Å². The molecule has 0 aliphatic carbocycles. The van der Waals surface area contributed by atoms with Crippen LogP contribution >= 0.6 is 11.6 Å². The first kappa shape index (κ1) is 23.1. The Balaban J connectivity index is 1.49. The number of halogens is 1. The second kappa shape index (κ2) is 9.64. The Morgan fingerprint density at radius 2 is 1.65 bits per heavy atom. The minimum absolute atomic E-state index is 0.142. The van der Waals surface area contributed by atoms with E-state index in [9.17, 15) is 4.79 Å². The Morgan fingerprint density at radius 1 is 0.946 bits per heavy atom. The first-order chi connectivity index (χ1) is 18.1. The number of amides is 2. The van der Waals surface area contributed by atoms with Crippen LogP contribution in [0.2, 0.25) is 5.02 Å². The summed E-state index contributed by atoms with van der Waals surface area (Å²) in [7, 11) is 0. The van der Waals surface area contributed by atoms with Gasteiger partial charge in [-0.2, -0.15) is 5.10 Å². The number of nitrogens with one attached hydrogen (secondary N) is 1. The van der Waals surface area contributed by atoms with Crippen molar-refractivity contribution in [3.8, 4) is 11.5 Å². The van der Waals surface area contributed by atoms with E-state index in [0.717, 1.165) is 39.6 Å². The Morgan fingerprint density at radius 3 is 2.38 bits per heavy atom. The number of benzene rings is 3. The molecular formula is C30H26ClN5O. The molecule has 3 heterocycles. The van der Waals surface area contributed by atoms with Crippen molar-refractivity contribution in [2.45, 2.75) is 26.1 Å². The van der Waals surface area contributed by atoms with Gasteiger partial charge in [-0.25, -0.2) is 9.48 Å². The van der Waals surface area contributed by atoms with E-state index >= 15 is 0 Å². The van der Waals surface area contributed by atoms with Crippen LogP contribution in [0, 0.1) is 6.92 Å². The van der Waals surface area contributed by atoms with Crippen molar-refractivity contribution in [2.24, 2.45) is 0 Å². The smallest absolute Gasteiger partial charge is 0.318 e. The number of aryl methyl sites for hydroxylation is 1. The second-order valence-electron chi connectivity index (χ2n) is 9.16. The van der Waals surface area contributed by atoms with Gasteiger partial charge in [-0.1, -0.05) is 72.3 Å². The summed E-state index contributed by atoms with van der Waals surface area (Å²) in [4.78, 5) is 15.8. The summed E-state index contributed by atoms with van der Waals surface area (Å²) >= 11 is 6.23. The van der Waals surface area contributed by atoms with E-state index in [1.54, 1.807) is 0 Å². The number of nitrogens with zero attached hydrogens (tertiary/aromatic N) is 4. The van der Waals surface area contributed by atoms with E-state index in [4.69, 9.17) is 16.7 Å². The molecule has 0 fully saturated rings. The Bertz CT molecular complexity index is 1540. The largest absolute Gasteiger partial charge is 0.334 e. The minimum atomic E-state index is -0.320. The van der Waals surface area contributed by atoms with Crippen molar-refractivity contribution in [1.82, 2.24) is 24.6 Å². The maximum absolute atomic E-state index is 13.9. The van der Waals surface area contributed by atoms with Crippen LogP contribution in [0.15, 0.2) is 103 Å². The Hall–Kier alpha value is -4.29. The second-order valence-corrected chi connectivity index (χ2v) is 9.60. The van der Waals surface area contributed by atoms with Crippen molar-refractivity contribution in [2.75, 3.05) is 0 Å². The van der Waals surface area contributed by atoms with Gasteiger partial charge in [0.15, 0.2) is 0 Å². The van der Waals surface area contributed by atoms with Crippen LogP contribution in [-0.2, 0) is 13.1 Å².